The summed E-state index contributed by atoms with van der Waals surface area (Å²) in [7, 11) is 0. The van der Waals surface area contributed by atoms with Gasteiger partial charge in [0.2, 0.25) is 5.91 Å². The number of anilines is 1. The van der Waals surface area contributed by atoms with Crippen molar-refractivity contribution in [3.8, 4) is 5.75 Å². The quantitative estimate of drug-likeness (QED) is 0.516. The summed E-state index contributed by atoms with van der Waals surface area (Å²) in [6, 6.07) is 10.4. The second-order valence-electron chi connectivity index (χ2n) is 6.13. The van der Waals surface area contributed by atoms with Gasteiger partial charge in [0.25, 0.3) is 5.56 Å². The molecule has 1 amide bonds. The van der Waals surface area contributed by atoms with Crippen molar-refractivity contribution in [2.24, 2.45) is 0 Å². The molecule has 0 saturated heterocycles. The van der Waals surface area contributed by atoms with Gasteiger partial charge in [0, 0.05) is 12.5 Å². The van der Waals surface area contributed by atoms with E-state index in [4.69, 9.17) is 0 Å². The Balaban J connectivity index is 1.43. The van der Waals surface area contributed by atoms with Gasteiger partial charge in [-0.1, -0.05) is 28.7 Å². The Hall–Kier alpha value is -3.54. The molecule has 0 aliphatic rings. The molecule has 0 saturated carbocycles. The van der Waals surface area contributed by atoms with Gasteiger partial charge in [-0.25, -0.2) is 9.67 Å². The number of hydrogen-bond donors (Lipinski definition) is 1. The molecular weight excluding hydrogens is 423 g/mol. The van der Waals surface area contributed by atoms with Crippen molar-refractivity contribution >= 4 is 43.5 Å². The molecule has 2 aromatic carbocycles. The van der Waals surface area contributed by atoms with Crippen molar-refractivity contribution in [2.45, 2.75) is 19.3 Å². The first-order chi connectivity index (χ1) is 14.3. The molecule has 0 radical (unpaired) electrons. The van der Waals surface area contributed by atoms with Crippen LogP contribution in [0.1, 0.15) is 6.42 Å². The molecule has 2 aromatic heterocycles. The number of alkyl halides is 3. The van der Waals surface area contributed by atoms with Gasteiger partial charge in [0.15, 0.2) is 5.13 Å². The van der Waals surface area contributed by atoms with Crippen molar-refractivity contribution in [3.05, 3.63) is 52.8 Å². The molecule has 0 aliphatic carbocycles. The van der Waals surface area contributed by atoms with E-state index >= 15 is 0 Å². The second-order valence-corrected chi connectivity index (χ2v) is 7.16. The van der Waals surface area contributed by atoms with Crippen LogP contribution in [0.5, 0.6) is 5.75 Å². The van der Waals surface area contributed by atoms with E-state index in [-0.39, 0.29) is 29.4 Å². The maximum Gasteiger partial charge on any atom is 0.573 e. The van der Waals surface area contributed by atoms with Crippen molar-refractivity contribution in [2.75, 3.05) is 5.32 Å². The largest absolute Gasteiger partial charge is 0.573 e. The van der Waals surface area contributed by atoms with Gasteiger partial charge in [-0.3, -0.25) is 9.59 Å². The SMILES string of the molecule is O=C(CCn1nnc2ccccc2c1=O)Nc1nc2ccc(OC(F)(F)F)cc2s1. The molecule has 154 valence electrons. The number of thiazole rings is 1. The van der Waals surface area contributed by atoms with E-state index in [1.54, 1.807) is 24.3 Å². The number of aryl methyl sites for hydroxylation is 1. The zero-order chi connectivity index (χ0) is 21.3. The van der Waals surface area contributed by atoms with Crippen LogP contribution in [0.2, 0.25) is 0 Å². The number of amides is 1. The fourth-order valence-corrected chi connectivity index (χ4v) is 3.63. The Bertz CT molecular complexity index is 1300. The lowest BCUT2D eigenvalue weighted by atomic mass is 10.2. The third-order valence-electron chi connectivity index (χ3n) is 4.02. The highest BCUT2D eigenvalue weighted by atomic mass is 32.1. The van der Waals surface area contributed by atoms with Crippen LogP contribution in [0.25, 0.3) is 21.1 Å². The van der Waals surface area contributed by atoms with Crippen molar-refractivity contribution in [3.63, 3.8) is 0 Å². The van der Waals surface area contributed by atoms with E-state index in [1.807, 2.05) is 0 Å². The molecule has 0 unspecified atom stereocenters. The topological polar surface area (TPSA) is 99.0 Å². The standard InChI is InChI=1S/C18H12F3N5O3S/c19-18(20,21)29-10-5-6-13-14(9-10)30-17(22-13)23-15(27)7-8-26-16(28)11-3-1-2-4-12(11)24-25-26/h1-6,9H,7-8H2,(H,22,23,27). The number of nitrogens with zero attached hydrogens (tertiary/aromatic N) is 4. The highest BCUT2D eigenvalue weighted by Gasteiger charge is 2.31. The average molecular weight is 435 g/mol. The summed E-state index contributed by atoms with van der Waals surface area (Å²) in [5.74, 6) is -0.798. The first-order valence-corrected chi connectivity index (χ1v) is 9.39. The van der Waals surface area contributed by atoms with Gasteiger partial charge in [-0.15, -0.1) is 18.3 Å². The van der Waals surface area contributed by atoms with Crippen LogP contribution in [0.4, 0.5) is 18.3 Å². The molecule has 0 atom stereocenters. The number of carbonyl (C=O) groups excluding carboxylic acids is 1. The predicted octanol–water partition coefficient (Wildman–Crippen LogP) is 3.33. The Morgan fingerprint density at radius 1 is 1.17 bits per heavy atom. The number of ether oxygens (including phenoxy) is 1. The van der Waals surface area contributed by atoms with Crippen LogP contribution in [0.15, 0.2) is 47.3 Å². The van der Waals surface area contributed by atoms with Gasteiger partial charge in [-0.05, 0) is 24.3 Å². The minimum Gasteiger partial charge on any atom is -0.406 e. The molecule has 4 aromatic rings. The van der Waals surface area contributed by atoms with Crippen molar-refractivity contribution in [1.29, 1.82) is 0 Å². The molecule has 4 rings (SSSR count). The number of rotatable bonds is 5. The summed E-state index contributed by atoms with van der Waals surface area (Å²) in [4.78, 5) is 28.7. The lowest BCUT2D eigenvalue weighted by Gasteiger charge is -2.07. The van der Waals surface area contributed by atoms with Crippen molar-refractivity contribution < 1.29 is 22.7 Å². The van der Waals surface area contributed by atoms with Crippen LogP contribution >= 0.6 is 11.3 Å². The summed E-state index contributed by atoms with van der Waals surface area (Å²) < 4.78 is 42.4. The highest BCUT2D eigenvalue weighted by Crippen LogP contribution is 2.31. The Morgan fingerprint density at radius 2 is 1.97 bits per heavy atom. The van der Waals surface area contributed by atoms with Crippen LogP contribution < -0.4 is 15.6 Å². The summed E-state index contributed by atoms with van der Waals surface area (Å²) in [6.45, 7) is 0.0109. The Kier molecular flexibility index (Phi) is 5.08. The molecule has 0 fully saturated rings. The molecular formula is C18H12F3N5O3S. The van der Waals surface area contributed by atoms with E-state index in [0.29, 0.717) is 21.1 Å². The molecule has 1 N–H and O–H groups in total. The molecule has 30 heavy (non-hydrogen) atoms. The van der Waals surface area contributed by atoms with E-state index in [9.17, 15) is 22.8 Å². The predicted molar refractivity (Wildman–Crippen MR) is 103 cm³/mol. The van der Waals surface area contributed by atoms with Gasteiger partial charge in [0.1, 0.15) is 11.3 Å². The number of nitrogens with one attached hydrogen (secondary N) is 1. The maximum atomic E-state index is 12.4. The molecule has 12 heteroatoms. The molecule has 0 bridgehead atoms. The second kappa shape index (κ2) is 7.71. The van der Waals surface area contributed by atoms with Crippen LogP contribution in [0.3, 0.4) is 0 Å². The van der Waals surface area contributed by atoms with Gasteiger partial charge < -0.3 is 10.1 Å². The Labute approximate surface area is 169 Å². The van der Waals surface area contributed by atoms with Crippen molar-refractivity contribution in [1.82, 2.24) is 20.0 Å². The zero-order valence-electron chi connectivity index (χ0n) is 15.0. The number of fused-ring (bicyclic) bond motifs is 2. The number of halogens is 3. The fraction of sp³-hybridized carbons (Fsp3) is 0.167. The average Bonchev–Trinajstić information content (AvgIpc) is 3.08. The van der Waals surface area contributed by atoms with Gasteiger partial charge >= 0.3 is 6.36 Å². The lowest BCUT2D eigenvalue weighted by Crippen LogP contribution is -2.26. The van der Waals surface area contributed by atoms with Gasteiger partial charge in [0.05, 0.1) is 22.1 Å². The first-order valence-electron chi connectivity index (χ1n) is 8.57. The maximum absolute atomic E-state index is 12.4. The number of hydrogen-bond acceptors (Lipinski definition) is 7. The minimum absolute atomic E-state index is 0.0109. The summed E-state index contributed by atoms with van der Waals surface area (Å²) in [6.07, 6.45) is -4.86. The molecule has 2 heterocycles. The molecule has 0 aliphatic heterocycles. The monoisotopic (exact) mass is 435 g/mol. The smallest absolute Gasteiger partial charge is 0.406 e. The third-order valence-corrected chi connectivity index (χ3v) is 4.95. The summed E-state index contributed by atoms with van der Waals surface area (Å²) in [5, 5.41) is 10.9. The molecule has 8 nitrogen and oxygen atoms in total. The van der Waals surface area contributed by atoms with E-state index in [0.717, 1.165) is 22.1 Å². The minimum atomic E-state index is -4.79. The van der Waals surface area contributed by atoms with Crippen LogP contribution in [-0.2, 0) is 11.3 Å². The number of aromatic nitrogens is 4. The zero-order valence-corrected chi connectivity index (χ0v) is 15.8. The summed E-state index contributed by atoms with van der Waals surface area (Å²) >= 11 is 1.01. The van der Waals surface area contributed by atoms with Crippen LogP contribution in [-0.4, -0.2) is 32.2 Å². The van der Waals surface area contributed by atoms with Gasteiger partial charge in [-0.2, -0.15) is 0 Å². The third kappa shape index (κ3) is 4.38. The summed E-state index contributed by atoms with van der Waals surface area (Å²) in [5.41, 5.74) is 0.526. The van der Waals surface area contributed by atoms with E-state index in [1.165, 1.54) is 12.1 Å². The number of carbonyl (C=O) groups is 1. The van der Waals surface area contributed by atoms with Crippen LogP contribution in [0, 0.1) is 0 Å². The highest BCUT2D eigenvalue weighted by molar-refractivity contribution is 7.22. The van der Waals surface area contributed by atoms with E-state index in [2.05, 4.69) is 25.3 Å². The molecule has 0 spiro atoms. The first kappa shape index (κ1) is 19.8. The lowest BCUT2D eigenvalue weighted by molar-refractivity contribution is -0.274. The Morgan fingerprint density at radius 3 is 2.77 bits per heavy atom. The van der Waals surface area contributed by atoms with E-state index < -0.39 is 12.3 Å². The number of benzene rings is 2. The fourth-order valence-electron chi connectivity index (χ4n) is 2.71. The normalized spacial score (nSPS) is 11.7.